The van der Waals surface area contributed by atoms with Gasteiger partial charge in [-0.15, -0.1) is 10.2 Å². The van der Waals surface area contributed by atoms with Crippen molar-refractivity contribution >= 4 is 11.6 Å². The van der Waals surface area contributed by atoms with Gasteiger partial charge in [0.15, 0.2) is 0 Å². The van der Waals surface area contributed by atoms with Gasteiger partial charge in [-0.1, -0.05) is 20.8 Å². The third-order valence-electron chi connectivity index (χ3n) is 3.85. The van der Waals surface area contributed by atoms with Crippen LogP contribution >= 0.6 is 11.6 Å². The predicted octanol–water partition coefficient (Wildman–Crippen LogP) is 2.97. The van der Waals surface area contributed by atoms with E-state index in [1.54, 1.807) is 0 Å². The molecule has 1 aliphatic heterocycles. The summed E-state index contributed by atoms with van der Waals surface area (Å²) in [6, 6.07) is 0.314. The van der Waals surface area contributed by atoms with Crippen LogP contribution in [-0.2, 0) is 10.2 Å². The van der Waals surface area contributed by atoms with E-state index in [1.165, 1.54) is 12.8 Å². The summed E-state index contributed by atoms with van der Waals surface area (Å²) in [6.07, 6.45) is 3.89. The lowest BCUT2D eigenvalue weighted by atomic mass is 9.94. The zero-order valence-electron chi connectivity index (χ0n) is 11.2. The first-order chi connectivity index (χ1) is 8.48. The first-order valence-corrected chi connectivity index (χ1v) is 7.09. The van der Waals surface area contributed by atoms with Crippen molar-refractivity contribution in [3.8, 4) is 0 Å². The smallest absolute Gasteiger partial charge is 0.225 e. The van der Waals surface area contributed by atoms with Gasteiger partial charge in [-0.05, 0) is 36.8 Å². The number of hydrogen-bond acceptors (Lipinski definition) is 3. The molecule has 2 atom stereocenters. The maximum absolute atomic E-state index is 6.26. The monoisotopic (exact) mass is 269 g/mol. The first-order valence-electron chi connectivity index (χ1n) is 6.71. The number of nitrogens with zero attached hydrogens (tertiary/aromatic N) is 3. The molecule has 1 aromatic heterocycles. The lowest BCUT2D eigenvalue weighted by Crippen LogP contribution is -2.28. The van der Waals surface area contributed by atoms with E-state index in [9.17, 15) is 0 Å². The Hall–Kier alpha value is -0.610. The van der Waals surface area contributed by atoms with Crippen molar-refractivity contribution in [3.63, 3.8) is 0 Å². The number of ether oxygens (including phenoxy) is 1. The molecule has 0 N–H and O–H groups in total. The first kappa shape index (κ1) is 12.4. The molecule has 2 heterocycles. The Bertz CT molecular complexity index is 448. The van der Waals surface area contributed by atoms with Gasteiger partial charge in [-0.2, -0.15) is 0 Å². The molecule has 1 aliphatic carbocycles. The van der Waals surface area contributed by atoms with Crippen LogP contribution in [0.25, 0.3) is 0 Å². The molecule has 0 radical (unpaired) electrons. The summed E-state index contributed by atoms with van der Waals surface area (Å²) >= 11 is 6.26. The Morgan fingerprint density at radius 2 is 1.94 bits per heavy atom. The normalized spacial score (nSPS) is 28.9. The Kier molecular flexibility index (Phi) is 2.90. The van der Waals surface area contributed by atoms with Crippen LogP contribution in [0.5, 0.6) is 0 Å². The quantitative estimate of drug-likeness (QED) is 0.829. The predicted molar refractivity (Wildman–Crippen MR) is 69.9 cm³/mol. The van der Waals surface area contributed by atoms with E-state index in [4.69, 9.17) is 16.3 Å². The Balaban J connectivity index is 1.97. The maximum Gasteiger partial charge on any atom is 0.225 e. The summed E-state index contributed by atoms with van der Waals surface area (Å²) in [5, 5.41) is 8.84. The highest BCUT2D eigenvalue weighted by atomic mass is 35.5. The standard InChI is InChI=1S/C13H20ClN3O/c1-13(2,3)11-15-16-12(14)17(11)9-6-7-18-10(9)8-4-5-8/h8-10H,4-7H2,1-3H3. The van der Waals surface area contributed by atoms with Gasteiger partial charge in [0.1, 0.15) is 5.82 Å². The second-order valence-corrected chi connectivity index (χ2v) is 6.78. The number of rotatable bonds is 2. The molecule has 0 spiro atoms. The summed E-state index contributed by atoms with van der Waals surface area (Å²) in [6.45, 7) is 7.26. The van der Waals surface area contributed by atoms with E-state index in [0.717, 1.165) is 18.9 Å². The summed E-state index contributed by atoms with van der Waals surface area (Å²) in [7, 11) is 0. The molecule has 0 aromatic carbocycles. The van der Waals surface area contributed by atoms with Crippen LogP contribution in [0.15, 0.2) is 0 Å². The average Bonchev–Trinajstić information content (AvgIpc) is 2.87. The number of halogens is 1. The Labute approximate surface area is 113 Å². The highest BCUT2D eigenvalue weighted by Crippen LogP contribution is 2.45. The van der Waals surface area contributed by atoms with E-state index < -0.39 is 0 Å². The number of hydrogen-bond donors (Lipinski definition) is 0. The molecular formula is C13H20ClN3O. The van der Waals surface area contributed by atoms with Crippen molar-refractivity contribution in [2.75, 3.05) is 6.61 Å². The lowest BCUT2D eigenvalue weighted by molar-refractivity contribution is 0.0739. The molecule has 100 valence electrons. The molecule has 2 fully saturated rings. The molecule has 1 saturated carbocycles. The molecule has 4 nitrogen and oxygen atoms in total. The lowest BCUT2D eigenvalue weighted by Gasteiger charge is -2.26. The Morgan fingerprint density at radius 1 is 1.22 bits per heavy atom. The minimum atomic E-state index is -0.0448. The van der Waals surface area contributed by atoms with Crippen LogP contribution in [0.3, 0.4) is 0 Å². The zero-order valence-corrected chi connectivity index (χ0v) is 11.9. The van der Waals surface area contributed by atoms with Crippen molar-refractivity contribution < 1.29 is 4.74 Å². The van der Waals surface area contributed by atoms with Crippen LogP contribution in [0.2, 0.25) is 5.28 Å². The van der Waals surface area contributed by atoms with Gasteiger partial charge in [0, 0.05) is 12.0 Å². The van der Waals surface area contributed by atoms with Crippen LogP contribution in [0, 0.1) is 5.92 Å². The van der Waals surface area contributed by atoms with Gasteiger partial charge in [0.2, 0.25) is 5.28 Å². The van der Waals surface area contributed by atoms with Crippen LogP contribution in [0.1, 0.15) is 51.9 Å². The second kappa shape index (κ2) is 4.20. The van der Waals surface area contributed by atoms with E-state index in [2.05, 4.69) is 35.5 Å². The molecule has 5 heteroatoms. The summed E-state index contributed by atoms with van der Waals surface area (Å²) in [5.41, 5.74) is -0.0448. The Morgan fingerprint density at radius 3 is 2.56 bits per heavy atom. The molecule has 0 bridgehead atoms. The minimum Gasteiger partial charge on any atom is -0.376 e. The van der Waals surface area contributed by atoms with E-state index in [0.29, 0.717) is 23.3 Å². The second-order valence-electron chi connectivity index (χ2n) is 6.44. The average molecular weight is 270 g/mol. The highest BCUT2D eigenvalue weighted by molar-refractivity contribution is 6.28. The van der Waals surface area contributed by atoms with Crippen LogP contribution in [-0.4, -0.2) is 27.5 Å². The van der Waals surface area contributed by atoms with Crippen LogP contribution < -0.4 is 0 Å². The fourth-order valence-corrected chi connectivity index (χ4v) is 3.07. The zero-order chi connectivity index (χ0) is 12.9. The van der Waals surface area contributed by atoms with Crippen molar-refractivity contribution in [1.82, 2.24) is 14.8 Å². The van der Waals surface area contributed by atoms with E-state index >= 15 is 0 Å². The van der Waals surface area contributed by atoms with Crippen molar-refractivity contribution in [1.29, 1.82) is 0 Å². The molecule has 1 aromatic rings. The van der Waals surface area contributed by atoms with E-state index in [1.807, 2.05) is 0 Å². The largest absolute Gasteiger partial charge is 0.376 e. The molecular weight excluding hydrogens is 250 g/mol. The van der Waals surface area contributed by atoms with Gasteiger partial charge >= 0.3 is 0 Å². The summed E-state index contributed by atoms with van der Waals surface area (Å²) < 4.78 is 8.01. The van der Waals surface area contributed by atoms with Crippen LogP contribution in [0.4, 0.5) is 0 Å². The molecule has 2 unspecified atom stereocenters. The maximum atomic E-state index is 6.26. The van der Waals surface area contributed by atoms with Crippen molar-refractivity contribution in [2.45, 2.75) is 57.6 Å². The third kappa shape index (κ3) is 2.05. The van der Waals surface area contributed by atoms with Gasteiger partial charge in [0.25, 0.3) is 0 Å². The van der Waals surface area contributed by atoms with Gasteiger partial charge in [-0.25, -0.2) is 0 Å². The van der Waals surface area contributed by atoms with Crippen molar-refractivity contribution in [3.05, 3.63) is 11.1 Å². The van der Waals surface area contributed by atoms with Gasteiger partial charge in [-0.3, -0.25) is 4.57 Å². The molecule has 2 aliphatic rings. The molecule has 3 rings (SSSR count). The number of aromatic nitrogens is 3. The van der Waals surface area contributed by atoms with Gasteiger partial charge < -0.3 is 4.74 Å². The third-order valence-corrected chi connectivity index (χ3v) is 4.10. The molecule has 0 amide bonds. The van der Waals surface area contributed by atoms with Gasteiger partial charge in [0.05, 0.1) is 12.1 Å². The fourth-order valence-electron chi connectivity index (χ4n) is 2.83. The fraction of sp³-hybridized carbons (Fsp3) is 0.846. The minimum absolute atomic E-state index is 0.0448. The molecule has 18 heavy (non-hydrogen) atoms. The SMILES string of the molecule is CC(C)(C)c1nnc(Cl)n1C1CCOC1C1CC1. The van der Waals surface area contributed by atoms with Crippen molar-refractivity contribution in [2.24, 2.45) is 5.92 Å². The topological polar surface area (TPSA) is 39.9 Å². The van der Waals surface area contributed by atoms with E-state index in [-0.39, 0.29) is 5.41 Å². The highest BCUT2D eigenvalue weighted by Gasteiger charge is 2.43. The summed E-state index contributed by atoms with van der Waals surface area (Å²) in [4.78, 5) is 0. The molecule has 1 saturated heterocycles. The summed E-state index contributed by atoms with van der Waals surface area (Å²) in [5.74, 6) is 1.68.